The van der Waals surface area contributed by atoms with Gasteiger partial charge < -0.3 is 20.5 Å². The number of aromatic nitrogens is 1. The number of nitrogens with two attached hydrogens (primary N) is 1. The Morgan fingerprint density at radius 3 is 2.17 bits per heavy atom. The molecular formula is C39H24FN5O2. The molecule has 0 fully saturated rings. The minimum absolute atomic E-state index is 0.0760. The van der Waals surface area contributed by atoms with Gasteiger partial charge in [-0.25, -0.2) is 4.39 Å². The summed E-state index contributed by atoms with van der Waals surface area (Å²) in [5.74, 6) is -0.258. The lowest BCUT2D eigenvalue weighted by atomic mass is 9.82. The zero-order valence-corrected chi connectivity index (χ0v) is 24.7. The Morgan fingerprint density at radius 1 is 0.660 bits per heavy atom. The number of hydrogen-bond donors (Lipinski definition) is 2. The van der Waals surface area contributed by atoms with Gasteiger partial charge in [-0.2, -0.15) is 10.5 Å². The van der Waals surface area contributed by atoms with Crippen LogP contribution < -0.4 is 20.5 Å². The lowest BCUT2D eigenvalue weighted by Gasteiger charge is -2.30. The predicted molar refractivity (Wildman–Crippen MR) is 177 cm³/mol. The van der Waals surface area contributed by atoms with E-state index in [1.54, 1.807) is 30.6 Å². The highest BCUT2D eigenvalue weighted by atomic mass is 19.1. The third-order valence-corrected chi connectivity index (χ3v) is 8.82. The number of fused-ring (bicyclic) bond motifs is 6. The smallest absolute Gasteiger partial charge is 0.212 e. The molecule has 3 heterocycles. The largest absolute Gasteiger partial charge is 0.440 e. The Morgan fingerprint density at radius 2 is 1.36 bits per heavy atom. The van der Waals surface area contributed by atoms with E-state index >= 15 is 4.39 Å². The van der Waals surface area contributed by atoms with Crippen molar-refractivity contribution in [2.75, 3.05) is 5.32 Å². The number of nitriles is 2. The number of allylic oxidation sites excluding steroid dienone is 2. The molecule has 6 aromatic rings. The molecule has 2 aliphatic rings. The van der Waals surface area contributed by atoms with Crippen molar-refractivity contribution in [1.82, 2.24) is 4.98 Å². The summed E-state index contributed by atoms with van der Waals surface area (Å²) in [5.41, 5.74) is 10.2. The van der Waals surface area contributed by atoms with E-state index in [-0.39, 0.29) is 11.5 Å². The molecule has 2 atom stereocenters. The zero-order valence-electron chi connectivity index (χ0n) is 24.7. The highest BCUT2D eigenvalue weighted by Gasteiger charge is 2.35. The molecule has 0 aliphatic carbocycles. The minimum Gasteiger partial charge on any atom is -0.440 e. The van der Waals surface area contributed by atoms with Crippen molar-refractivity contribution >= 4 is 27.2 Å². The van der Waals surface area contributed by atoms with Gasteiger partial charge in [-0.05, 0) is 35.2 Å². The van der Waals surface area contributed by atoms with E-state index in [2.05, 4.69) is 22.4 Å². The summed E-state index contributed by atoms with van der Waals surface area (Å²) < 4.78 is 27.8. The number of benzene rings is 5. The van der Waals surface area contributed by atoms with Gasteiger partial charge in [0.2, 0.25) is 11.8 Å². The van der Waals surface area contributed by atoms with E-state index in [1.807, 2.05) is 78.9 Å². The van der Waals surface area contributed by atoms with Gasteiger partial charge in [0.15, 0.2) is 0 Å². The molecule has 0 amide bonds. The maximum Gasteiger partial charge on any atom is 0.212 e. The quantitative estimate of drug-likeness (QED) is 0.206. The van der Waals surface area contributed by atoms with Crippen LogP contribution in [-0.4, -0.2) is 4.98 Å². The molecule has 0 saturated carbocycles. The third kappa shape index (κ3) is 4.43. The summed E-state index contributed by atoms with van der Waals surface area (Å²) in [4.78, 5) is 4.19. The molecule has 0 bridgehead atoms. The summed E-state index contributed by atoms with van der Waals surface area (Å²) in [6.45, 7) is 0. The van der Waals surface area contributed by atoms with Crippen LogP contribution in [0, 0.1) is 28.5 Å². The Bertz CT molecular complexity index is 2410. The summed E-state index contributed by atoms with van der Waals surface area (Å²) in [6, 6.07) is 36.1. The van der Waals surface area contributed by atoms with Crippen LogP contribution in [0.2, 0.25) is 0 Å². The molecule has 8 heteroatoms. The number of hydrogen-bond acceptors (Lipinski definition) is 7. The summed E-state index contributed by atoms with van der Waals surface area (Å²) in [6.07, 6.45) is 3.43. The van der Waals surface area contributed by atoms with E-state index < -0.39 is 17.7 Å². The van der Waals surface area contributed by atoms with Gasteiger partial charge in [0.05, 0.1) is 11.8 Å². The van der Waals surface area contributed by atoms with Crippen LogP contribution in [0.4, 0.5) is 10.1 Å². The Hall–Kier alpha value is -6.64. The Labute approximate surface area is 269 Å². The molecule has 0 radical (unpaired) electrons. The average Bonchev–Trinajstić information content (AvgIpc) is 3.11. The third-order valence-electron chi connectivity index (χ3n) is 8.82. The second-order valence-electron chi connectivity index (χ2n) is 11.3. The van der Waals surface area contributed by atoms with Crippen LogP contribution in [0.25, 0.3) is 21.5 Å². The lowest BCUT2D eigenvalue weighted by Crippen LogP contribution is -2.22. The fourth-order valence-corrected chi connectivity index (χ4v) is 6.69. The molecule has 5 aromatic carbocycles. The number of halogens is 1. The fraction of sp³-hybridized carbons (Fsp3) is 0.0513. The molecular weight excluding hydrogens is 589 g/mol. The number of rotatable bonds is 4. The van der Waals surface area contributed by atoms with Gasteiger partial charge in [-0.3, -0.25) is 4.98 Å². The van der Waals surface area contributed by atoms with E-state index in [4.69, 9.17) is 15.2 Å². The van der Waals surface area contributed by atoms with Gasteiger partial charge in [0.25, 0.3) is 0 Å². The molecule has 1 aromatic heterocycles. The normalized spacial score (nSPS) is 16.8. The van der Waals surface area contributed by atoms with Crippen molar-refractivity contribution in [3.63, 3.8) is 0 Å². The second-order valence-corrected chi connectivity index (χ2v) is 11.3. The summed E-state index contributed by atoms with van der Waals surface area (Å²) >= 11 is 0. The molecule has 2 aliphatic heterocycles. The highest BCUT2D eigenvalue weighted by molar-refractivity contribution is 6.00. The van der Waals surface area contributed by atoms with E-state index in [1.165, 1.54) is 6.07 Å². The van der Waals surface area contributed by atoms with Crippen LogP contribution in [0.3, 0.4) is 0 Å². The lowest BCUT2D eigenvalue weighted by molar-refractivity contribution is 0.397. The maximum absolute atomic E-state index is 15.1. The van der Waals surface area contributed by atoms with Crippen molar-refractivity contribution < 1.29 is 13.9 Å². The number of nitrogens with zero attached hydrogens (tertiary/aromatic N) is 3. The van der Waals surface area contributed by atoms with Crippen molar-refractivity contribution in [1.29, 1.82) is 10.5 Å². The fourth-order valence-electron chi connectivity index (χ4n) is 6.69. The molecule has 0 saturated heterocycles. The summed E-state index contributed by atoms with van der Waals surface area (Å²) in [5, 5.41) is 27.4. The van der Waals surface area contributed by atoms with Crippen LogP contribution in [-0.2, 0) is 0 Å². The average molecular weight is 614 g/mol. The monoisotopic (exact) mass is 613 g/mol. The molecule has 7 nitrogen and oxygen atoms in total. The molecule has 8 rings (SSSR count). The first-order valence-electron chi connectivity index (χ1n) is 15.0. The highest BCUT2D eigenvalue weighted by Crippen LogP contribution is 2.49. The van der Waals surface area contributed by atoms with Crippen molar-refractivity contribution in [3.8, 4) is 23.6 Å². The first-order chi connectivity index (χ1) is 23.1. The van der Waals surface area contributed by atoms with Crippen molar-refractivity contribution in [2.45, 2.75) is 11.8 Å². The number of nitrogens with one attached hydrogen (secondary N) is 1. The Balaban J connectivity index is 1.29. The standard InChI is InChI=1S/C39H24FN5O2/c40-32-10-4-3-8-27(32)35-29-15-14-25-26(37(29)46-38(43)30(35)20-41)9-5-11-33(25)45-39-31(21-42)34(23-16-18-44-19-17-23)28-13-12-22-6-1-2-7-24(22)36(28)47-39/h1-19,34-35,45H,43H2. The maximum atomic E-state index is 15.1. The first kappa shape index (κ1) is 27.9. The molecule has 0 spiro atoms. The van der Waals surface area contributed by atoms with Crippen molar-refractivity contribution in [2.24, 2.45) is 5.73 Å². The van der Waals surface area contributed by atoms with Gasteiger partial charge in [0.1, 0.15) is 40.6 Å². The predicted octanol–water partition coefficient (Wildman–Crippen LogP) is 8.12. The zero-order chi connectivity index (χ0) is 32.1. The number of anilines is 1. The molecule has 224 valence electrons. The van der Waals surface area contributed by atoms with Crippen LogP contribution >= 0.6 is 0 Å². The molecule has 2 unspecified atom stereocenters. The molecule has 47 heavy (non-hydrogen) atoms. The van der Waals surface area contributed by atoms with E-state index in [9.17, 15) is 10.5 Å². The molecule has 3 N–H and O–H groups in total. The van der Waals surface area contributed by atoms with Gasteiger partial charge in [0, 0.05) is 50.9 Å². The summed E-state index contributed by atoms with van der Waals surface area (Å²) in [7, 11) is 0. The van der Waals surface area contributed by atoms with Gasteiger partial charge in [-0.1, -0.05) is 78.9 Å². The Kier molecular flexibility index (Phi) is 6.56. The minimum atomic E-state index is -0.744. The van der Waals surface area contributed by atoms with Gasteiger partial charge >= 0.3 is 0 Å². The van der Waals surface area contributed by atoms with Crippen LogP contribution in [0.5, 0.6) is 11.5 Å². The van der Waals surface area contributed by atoms with Crippen LogP contribution in [0.1, 0.15) is 34.1 Å². The van der Waals surface area contributed by atoms with Gasteiger partial charge in [-0.15, -0.1) is 0 Å². The van der Waals surface area contributed by atoms with E-state index in [0.29, 0.717) is 45.2 Å². The topological polar surface area (TPSA) is 117 Å². The van der Waals surface area contributed by atoms with E-state index in [0.717, 1.165) is 27.3 Å². The van der Waals surface area contributed by atoms with Crippen molar-refractivity contribution in [3.05, 3.63) is 167 Å². The SMILES string of the molecule is N#CC1=C(Nc2cccc3c4c(ccc23)C(c2ccccc2F)C(C#N)=C(N)O4)Oc2c(ccc3ccccc23)C1c1ccncc1. The van der Waals surface area contributed by atoms with Crippen LogP contribution in [0.15, 0.2) is 138 Å². The number of ether oxygens (including phenoxy) is 2. The number of pyridine rings is 1. The first-order valence-corrected chi connectivity index (χ1v) is 15.0. The second kappa shape index (κ2) is 11.1.